The molecule has 0 radical (unpaired) electrons. The minimum Gasteiger partial charge on any atom is -0.445 e. The summed E-state index contributed by atoms with van der Waals surface area (Å²) in [5.74, 6) is -2.97. The number of benzene rings is 1. The van der Waals surface area contributed by atoms with Gasteiger partial charge >= 0.3 is 6.09 Å². The first-order valence-corrected chi connectivity index (χ1v) is 19.1. The van der Waals surface area contributed by atoms with Crippen molar-refractivity contribution in [2.75, 3.05) is 13.1 Å². The van der Waals surface area contributed by atoms with Crippen molar-refractivity contribution in [2.45, 2.75) is 122 Å². The highest BCUT2D eigenvalue weighted by atomic mass is 28.4. The van der Waals surface area contributed by atoms with Gasteiger partial charge < -0.3 is 35.1 Å². The summed E-state index contributed by atoms with van der Waals surface area (Å²) < 4.78 is 12.0. The van der Waals surface area contributed by atoms with E-state index in [0.717, 1.165) is 5.56 Å². The molecule has 2 aliphatic rings. The van der Waals surface area contributed by atoms with Crippen molar-refractivity contribution >= 4 is 37.9 Å². The van der Waals surface area contributed by atoms with Crippen LogP contribution in [0.5, 0.6) is 0 Å². The molecule has 46 heavy (non-hydrogen) atoms. The Morgan fingerprint density at radius 1 is 1.00 bits per heavy atom. The molecule has 12 nitrogen and oxygen atoms in total. The van der Waals surface area contributed by atoms with E-state index in [1.807, 2.05) is 30.3 Å². The summed E-state index contributed by atoms with van der Waals surface area (Å²) in [4.78, 5) is 69.3. The van der Waals surface area contributed by atoms with Crippen LogP contribution in [0, 0.1) is 5.92 Å². The molecular formula is C33H52N4O8Si. The Hall–Kier alpha value is -3.29. The third kappa shape index (κ3) is 9.16. The Balaban J connectivity index is 1.81. The highest BCUT2D eigenvalue weighted by Gasteiger charge is 2.47. The molecule has 1 aromatic carbocycles. The molecule has 2 fully saturated rings. The zero-order valence-corrected chi connectivity index (χ0v) is 29.3. The van der Waals surface area contributed by atoms with Gasteiger partial charge in [0.15, 0.2) is 14.1 Å². The van der Waals surface area contributed by atoms with Crippen molar-refractivity contribution in [1.29, 1.82) is 0 Å². The number of aliphatic hydroxyl groups is 1. The predicted octanol–water partition coefficient (Wildman–Crippen LogP) is 3.12. The zero-order valence-electron chi connectivity index (χ0n) is 28.3. The summed E-state index contributed by atoms with van der Waals surface area (Å²) in [6, 6.07) is 6.48. The molecule has 0 aromatic heterocycles. The van der Waals surface area contributed by atoms with Gasteiger partial charge in [-0.3, -0.25) is 19.2 Å². The maximum atomic E-state index is 14.2. The number of nitrogens with one attached hydrogen (secondary N) is 1. The second-order valence-electron chi connectivity index (χ2n) is 14.1. The van der Waals surface area contributed by atoms with Gasteiger partial charge in [0.2, 0.25) is 17.7 Å². The van der Waals surface area contributed by atoms with E-state index in [1.165, 1.54) is 16.7 Å². The fraction of sp³-hybridized carbons (Fsp3) is 0.667. The van der Waals surface area contributed by atoms with Crippen LogP contribution >= 0.6 is 0 Å². The average molecular weight is 661 g/mol. The number of likely N-dealkylation sites (tertiary alicyclic amines) is 2. The lowest BCUT2D eigenvalue weighted by molar-refractivity contribution is -0.148. The number of ketones is 1. The predicted molar refractivity (Wildman–Crippen MR) is 175 cm³/mol. The molecule has 4 amide bonds. The van der Waals surface area contributed by atoms with Crippen LogP contribution in [0.2, 0.25) is 18.1 Å². The Morgan fingerprint density at radius 2 is 1.59 bits per heavy atom. The fourth-order valence-corrected chi connectivity index (χ4v) is 7.28. The molecule has 2 heterocycles. The molecule has 0 bridgehead atoms. The molecule has 2 aliphatic heterocycles. The number of carbonyl (C=O) groups is 5. The number of nitrogens with zero attached hydrogens (tertiary/aromatic N) is 2. The molecule has 3 rings (SSSR count). The van der Waals surface area contributed by atoms with Crippen LogP contribution in [0.25, 0.3) is 0 Å². The van der Waals surface area contributed by atoms with Gasteiger partial charge in [0.25, 0.3) is 0 Å². The van der Waals surface area contributed by atoms with Crippen molar-refractivity contribution in [3.8, 4) is 0 Å². The van der Waals surface area contributed by atoms with Crippen LogP contribution in [-0.4, -0.2) is 96.2 Å². The molecule has 1 aromatic rings. The lowest BCUT2D eigenvalue weighted by Gasteiger charge is -2.41. The first-order valence-electron chi connectivity index (χ1n) is 16.2. The maximum Gasteiger partial charge on any atom is 0.408 e. The summed E-state index contributed by atoms with van der Waals surface area (Å²) in [5.41, 5.74) is 6.20. The van der Waals surface area contributed by atoms with Crippen LogP contribution < -0.4 is 11.1 Å². The van der Waals surface area contributed by atoms with Gasteiger partial charge in [-0.05, 0) is 63.2 Å². The number of Topliss-reactive ketones (excluding diaryl/α,β-unsaturated/α-hetero) is 1. The Labute approximate surface area is 273 Å². The quantitative estimate of drug-likeness (QED) is 0.271. The van der Waals surface area contributed by atoms with E-state index in [1.54, 1.807) is 6.92 Å². The largest absolute Gasteiger partial charge is 0.445 e. The Morgan fingerprint density at radius 3 is 2.15 bits per heavy atom. The molecule has 13 heteroatoms. The van der Waals surface area contributed by atoms with Crippen molar-refractivity contribution < 1.29 is 38.2 Å². The van der Waals surface area contributed by atoms with Gasteiger partial charge in [-0.15, -0.1) is 0 Å². The fourth-order valence-electron chi connectivity index (χ4n) is 5.87. The summed E-state index contributed by atoms with van der Waals surface area (Å²) in [5, 5.41) is 12.5. The molecule has 2 saturated heterocycles. The number of primary amides is 1. The van der Waals surface area contributed by atoms with E-state index in [9.17, 15) is 29.1 Å². The van der Waals surface area contributed by atoms with Crippen LogP contribution in [-0.2, 0) is 34.9 Å². The standard InChI is InChI=1S/C33H52N4O8Si/c1-21(38)24(29(34)40)19-27(39)25-15-11-17-36(25)30(41)26-16-12-18-37(26)31(42)28(22(2)45-46(6,7)33(3,4)5)35-32(43)44-20-23-13-9-8-10-14-23/h8-10,13-14,21-22,24-26,28,38H,11-12,15-20H2,1-7H3,(H2,34,40)(H,35,43)/t21-,22-,24+,25+,26+,28+/m1/s1. The molecule has 6 atom stereocenters. The minimum absolute atomic E-state index is 0.0198. The number of rotatable bonds is 13. The summed E-state index contributed by atoms with van der Waals surface area (Å²) in [7, 11) is -2.38. The van der Waals surface area contributed by atoms with Gasteiger partial charge in [0.1, 0.15) is 18.7 Å². The third-order valence-corrected chi connectivity index (χ3v) is 14.2. The van der Waals surface area contributed by atoms with Crippen LogP contribution in [0.4, 0.5) is 4.79 Å². The highest BCUT2D eigenvalue weighted by molar-refractivity contribution is 6.74. The number of hydrogen-bond acceptors (Lipinski definition) is 8. The first-order chi connectivity index (χ1) is 21.4. The van der Waals surface area contributed by atoms with Crippen molar-refractivity contribution in [1.82, 2.24) is 15.1 Å². The number of aliphatic hydroxyl groups excluding tert-OH is 1. The van der Waals surface area contributed by atoms with Gasteiger partial charge in [0, 0.05) is 19.5 Å². The lowest BCUT2D eigenvalue weighted by Crippen LogP contribution is -2.60. The topological polar surface area (TPSA) is 169 Å². The van der Waals surface area contributed by atoms with Crippen molar-refractivity contribution in [2.24, 2.45) is 11.7 Å². The van der Waals surface area contributed by atoms with E-state index in [2.05, 4.69) is 39.2 Å². The Kier molecular flexibility index (Phi) is 12.5. The van der Waals surface area contributed by atoms with E-state index in [-0.39, 0.29) is 29.8 Å². The molecule has 256 valence electrons. The molecule has 0 aliphatic carbocycles. The van der Waals surface area contributed by atoms with E-state index in [4.69, 9.17) is 14.9 Å². The lowest BCUT2D eigenvalue weighted by atomic mass is 9.92. The number of ether oxygens (including phenoxy) is 1. The third-order valence-electron chi connectivity index (χ3n) is 9.61. The molecule has 0 unspecified atom stereocenters. The normalized spacial score (nSPS) is 21.3. The summed E-state index contributed by atoms with van der Waals surface area (Å²) in [6.45, 7) is 14.2. The van der Waals surface area contributed by atoms with E-state index in [0.29, 0.717) is 38.8 Å². The number of hydrogen-bond donors (Lipinski definition) is 3. The van der Waals surface area contributed by atoms with Gasteiger partial charge in [-0.2, -0.15) is 0 Å². The van der Waals surface area contributed by atoms with Crippen molar-refractivity contribution in [3.05, 3.63) is 35.9 Å². The van der Waals surface area contributed by atoms with Crippen molar-refractivity contribution in [3.63, 3.8) is 0 Å². The maximum absolute atomic E-state index is 14.2. The second kappa shape index (κ2) is 15.5. The second-order valence-corrected chi connectivity index (χ2v) is 18.8. The van der Waals surface area contributed by atoms with E-state index < -0.39 is 62.5 Å². The molecule has 0 spiro atoms. The van der Waals surface area contributed by atoms with Crippen LogP contribution in [0.1, 0.15) is 72.3 Å². The molecule has 0 saturated carbocycles. The highest BCUT2D eigenvalue weighted by Crippen LogP contribution is 2.38. The van der Waals surface area contributed by atoms with E-state index >= 15 is 0 Å². The number of amides is 4. The van der Waals surface area contributed by atoms with Crippen LogP contribution in [0.3, 0.4) is 0 Å². The Bertz CT molecular complexity index is 1250. The smallest absolute Gasteiger partial charge is 0.408 e. The number of nitrogens with two attached hydrogens (primary N) is 1. The van der Waals surface area contributed by atoms with Crippen LogP contribution in [0.15, 0.2) is 30.3 Å². The minimum atomic E-state index is -2.38. The molecule has 4 N–H and O–H groups in total. The first kappa shape index (κ1) is 37.2. The molecular weight excluding hydrogens is 608 g/mol. The van der Waals surface area contributed by atoms with Gasteiger partial charge in [-0.1, -0.05) is 51.1 Å². The summed E-state index contributed by atoms with van der Waals surface area (Å²) in [6.07, 6.45) is -0.879. The summed E-state index contributed by atoms with van der Waals surface area (Å²) >= 11 is 0. The average Bonchev–Trinajstić information content (AvgIpc) is 3.67. The van der Waals surface area contributed by atoms with Gasteiger partial charge in [-0.25, -0.2) is 4.79 Å². The number of carbonyl (C=O) groups excluding carboxylic acids is 5. The number of alkyl carbamates (subject to hydrolysis) is 1. The SMILES string of the molecule is C[C@@H](O)[C@H](CC(=O)[C@@H]1CCCN1C(=O)[C@@H]1CCCN1C(=O)[C@@H](NC(=O)OCc1ccccc1)[C@@H](C)O[Si](C)(C)C(C)(C)C)C(N)=O. The zero-order chi connectivity index (χ0) is 34.4. The van der Waals surface area contributed by atoms with Gasteiger partial charge in [0.05, 0.1) is 24.2 Å². The monoisotopic (exact) mass is 660 g/mol.